The van der Waals surface area contributed by atoms with E-state index in [0.717, 1.165) is 16.6 Å². The molecule has 1 aliphatic heterocycles. The average Bonchev–Trinajstić information content (AvgIpc) is 2.61. The van der Waals surface area contributed by atoms with Gasteiger partial charge in [-0.1, -0.05) is 18.2 Å². The molecular formula is C18H16N4O2. The summed E-state index contributed by atoms with van der Waals surface area (Å²) in [6.45, 7) is 2.09. The number of carbonyl (C=O) groups excluding carboxylic acids is 1. The van der Waals surface area contributed by atoms with Crippen LogP contribution in [-0.2, 0) is 4.79 Å². The van der Waals surface area contributed by atoms with Crippen LogP contribution in [0.4, 0.5) is 11.5 Å². The predicted octanol–water partition coefficient (Wildman–Crippen LogP) is 3.13. The van der Waals surface area contributed by atoms with Crippen LogP contribution in [0.15, 0.2) is 48.7 Å². The molecule has 0 saturated heterocycles. The number of anilines is 2. The van der Waals surface area contributed by atoms with Gasteiger partial charge in [0.1, 0.15) is 11.6 Å². The fraction of sp³-hybridized carbons (Fsp3) is 0.167. The lowest BCUT2D eigenvalue weighted by Gasteiger charge is -2.21. The van der Waals surface area contributed by atoms with Crippen LogP contribution < -0.4 is 15.4 Å². The van der Waals surface area contributed by atoms with Crippen molar-refractivity contribution in [1.29, 1.82) is 0 Å². The van der Waals surface area contributed by atoms with Gasteiger partial charge >= 0.3 is 0 Å². The van der Waals surface area contributed by atoms with E-state index in [1.165, 1.54) is 0 Å². The molecule has 2 aromatic carbocycles. The highest BCUT2D eigenvalue weighted by atomic mass is 16.5. The van der Waals surface area contributed by atoms with Gasteiger partial charge in [-0.15, -0.1) is 0 Å². The van der Waals surface area contributed by atoms with Gasteiger partial charge in [0.25, 0.3) is 5.91 Å². The highest BCUT2D eigenvalue weighted by molar-refractivity contribution is 5.95. The second-order valence-electron chi connectivity index (χ2n) is 5.70. The van der Waals surface area contributed by atoms with Crippen LogP contribution in [0.5, 0.6) is 5.75 Å². The summed E-state index contributed by atoms with van der Waals surface area (Å²) in [7, 11) is 0. The van der Waals surface area contributed by atoms with Gasteiger partial charge in [0.2, 0.25) is 0 Å². The number of hydrogen-bond donors (Lipinski definition) is 2. The summed E-state index contributed by atoms with van der Waals surface area (Å²) in [6, 6.07) is 13.5. The Labute approximate surface area is 138 Å². The summed E-state index contributed by atoms with van der Waals surface area (Å²) in [5.74, 6) is 1.26. The Balaban J connectivity index is 1.58. The van der Waals surface area contributed by atoms with E-state index in [2.05, 4.69) is 20.6 Å². The number of ether oxygens (including phenoxy) is 1. The van der Waals surface area contributed by atoms with Crippen molar-refractivity contribution in [3.63, 3.8) is 0 Å². The smallest absolute Gasteiger partial charge is 0.262 e. The third kappa shape index (κ3) is 2.74. The van der Waals surface area contributed by atoms with E-state index in [1.54, 1.807) is 6.20 Å². The van der Waals surface area contributed by atoms with Crippen LogP contribution in [0.3, 0.4) is 0 Å². The van der Waals surface area contributed by atoms with E-state index in [0.29, 0.717) is 17.3 Å². The van der Waals surface area contributed by atoms with Crippen LogP contribution in [0.2, 0.25) is 0 Å². The Bertz CT molecular complexity index is 926. The van der Waals surface area contributed by atoms with Crippen molar-refractivity contribution in [2.45, 2.75) is 13.0 Å². The minimum atomic E-state index is -0.138. The summed E-state index contributed by atoms with van der Waals surface area (Å²) in [4.78, 5) is 20.4. The van der Waals surface area contributed by atoms with Crippen molar-refractivity contribution >= 4 is 28.4 Å². The summed E-state index contributed by atoms with van der Waals surface area (Å²) < 4.78 is 5.38. The van der Waals surface area contributed by atoms with Crippen molar-refractivity contribution < 1.29 is 9.53 Å². The monoisotopic (exact) mass is 320 g/mol. The molecule has 24 heavy (non-hydrogen) atoms. The van der Waals surface area contributed by atoms with Crippen LogP contribution in [0, 0.1) is 0 Å². The first-order valence-corrected chi connectivity index (χ1v) is 7.74. The number of para-hydroxylation sites is 2. The van der Waals surface area contributed by atoms with E-state index >= 15 is 0 Å². The summed E-state index contributed by atoms with van der Waals surface area (Å²) in [6.07, 6.45) is 1.72. The van der Waals surface area contributed by atoms with Gasteiger partial charge in [0.05, 0.1) is 29.0 Å². The van der Waals surface area contributed by atoms with E-state index in [1.807, 2.05) is 49.4 Å². The van der Waals surface area contributed by atoms with Crippen molar-refractivity contribution in [3.8, 4) is 5.75 Å². The molecule has 0 unspecified atom stereocenters. The van der Waals surface area contributed by atoms with Gasteiger partial charge in [0, 0.05) is 0 Å². The fourth-order valence-electron chi connectivity index (χ4n) is 2.70. The van der Waals surface area contributed by atoms with Crippen LogP contribution >= 0.6 is 0 Å². The molecule has 1 amide bonds. The zero-order valence-electron chi connectivity index (χ0n) is 13.1. The molecule has 3 aromatic rings. The number of nitrogens with one attached hydrogen (secondary N) is 2. The maximum atomic E-state index is 11.5. The molecule has 0 spiro atoms. The Kier molecular flexibility index (Phi) is 3.49. The van der Waals surface area contributed by atoms with Crippen LogP contribution in [0.1, 0.15) is 18.5 Å². The van der Waals surface area contributed by atoms with Crippen molar-refractivity contribution in [2.24, 2.45) is 0 Å². The molecule has 2 N–H and O–H groups in total. The van der Waals surface area contributed by atoms with Gasteiger partial charge < -0.3 is 15.4 Å². The minimum absolute atomic E-state index is 0.00425. The second kappa shape index (κ2) is 5.81. The maximum absolute atomic E-state index is 11.5. The largest absolute Gasteiger partial charge is 0.482 e. The zero-order valence-corrected chi connectivity index (χ0v) is 13.1. The van der Waals surface area contributed by atoms with Gasteiger partial charge in [-0.2, -0.15) is 0 Å². The average molecular weight is 320 g/mol. The number of carbonyl (C=O) groups is 1. The molecule has 1 aliphatic rings. The molecule has 1 aromatic heterocycles. The van der Waals surface area contributed by atoms with E-state index in [4.69, 9.17) is 4.74 Å². The number of amides is 1. The Hall–Kier alpha value is -3.15. The third-order valence-electron chi connectivity index (χ3n) is 3.95. The number of rotatable bonds is 3. The summed E-state index contributed by atoms with van der Waals surface area (Å²) in [5.41, 5.74) is 3.43. The van der Waals surface area contributed by atoms with E-state index < -0.39 is 0 Å². The van der Waals surface area contributed by atoms with Gasteiger partial charge in [-0.25, -0.2) is 4.98 Å². The Morgan fingerprint density at radius 2 is 2.04 bits per heavy atom. The van der Waals surface area contributed by atoms with Crippen LogP contribution in [0.25, 0.3) is 11.0 Å². The van der Waals surface area contributed by atoms with Crippen molar-refractivity contribution in [2.75, 3.05) is 17.2 Å². The van der Waals surface area contributed by atoms with Gasteiger partial charge in [-0.3, -0.25) is 9.78 Å². The second-order valence-corrected chi connectivity index (χ2v) is 5.70. The third-order valence-corrected chi connectivity index (χ3v) is 3.95. The zero-order chi connectivity index (χ0) is 16.5. The number of benzene rings is 2. The standard InChI is InChI=1S/C18H16N4O2/c1-11(12-6-7-16-15(8-12)22-18(23)10-24-16)20-17-9-19-13-4-2-3-5-14(13)21-17/h2-9,11H,10H2,1H3,(H,20,21)(H,22,23)/t11-/m1/s1. The Morgan fingerprint density at radius 1 is 1.21 bits per heavy atom. The SMILES string of the molecule is C[C@@H](Nc1cnc2ccccc2n1)c1ccc2c(c1)NC(=O)CO2. The summed E-state index contributed by atoms with van der Waals surface area (Å²) >= 11 is 0. The fourth-order valence-corrected chi connectivity index (χ4v) is 2.70. The number of aromatic nitrogens is 2. The van der Waals surface area contributed by atoms with Gasteiger partial charge in [-0.05, 0) is 36.8 Å². The lowest BCUT2D eigenvalue weighted by atomic mass is 10.1. The van der Waals surface area contributed by atoms with E-state index in [-0.39, 0.29) is 18.6 Å². The first kappa shape index (κ1) is 14.4. The molecule has 1 atom stereocenters. The minimum Gasteiger partial charge on any atom is -0.482 e. The normalized spacial score (nSPS) is 14.5. The lowest BCUT2D eigenvalue weighted by Crippen LogP contribution is -2.25. The van der Waals surface area contributed by atoms with Crippen molar-refractivity contribution in [1.82, 2.24) is 9.97 Å². The molecule has 6 heteroatoms. The highest BCUT2D eigenvalue weighted by Gasteiger charge is 2.17. The molecule has 4 rings (SSSR count). The van der Waals surface area contributed by atoms with Crippen LogP contribution in [-0.4, -0.2) is 22.5 Å². The topological polar surface area (TPSA) is 76.1 Å². The molecular weight excluding hydrogens is 304 g/mol. The maximum Gasteiger partial charge on any atom is 0.262 e. The molecule has 0 bridgehead atoms. The molecule has 120 valence electrons. The quantitative estimate of drug-likeness (QED) is 0.775. The predicted molar refractivity (Wildman–Crippen MR) is 92.1 cm³/mol. The first-order chi connectivity index (χ1) is 11.7. The number of nitrogens with zero attached hydrogens (tertiary/aromatic N) is 2. The molecule has 0 aliphatic carbocycles. The molecule has 6 nitrogen and oxygen atoms in total. The van der Waals surface area contributed by atoms with Crippen molar-refractivity contribution in [3.05, 3.63) is 54.2 Å². The van der Waals surface area contributed by atoms with Gasteiger partial charge in [0.15, 0.2) is 6.61 Å². The lowest BCUT2D eigenvalue weighted by molar-refractivity contribution is -0.118. The summed E-state index contributed by atoms with van der Waals surface area (Å²) in [5, 5.41) is 6.16. The Morgan fingerprint density at radius 3 is 2.92 bits per heavy atom. The highest BCUT2D eigenvalue weighted by Crippen LogP contribution is 2.31. The molecule has 2 heterocycles. The molecule has 0 radical (unpaired) electrons. The first-order valence-electron chi connectivity index (χ1n) is 7.74. The number of hydrogen-bond acceptors (Lipinski definition) is 5. The van der Waals surface area contributed by atoms with E-state index in [9.17, 15) is 4.79 Å². The molecule has 0 fully saturated rings. The number of fused-ring (bicyclic) bond motifs is 2. The molecule has 0 saturated carbocycles.